The van der Waals surface area contributed by atoms with Crippen LogP contribution < -0.4 is 0 Å². The molecule has 0 aliphatic carbocycles. The van der Waals surface area contributed by atoms with E-state index in [1.54, 1.807) is 0 Å². The van der Waals surface area contributed by atoms with Crippen LogP contribution in [0.5, 0.6) is 0 Å². The van der Waals surface area contributed by atoms with Gasteiger partial charge in [0.05, 0.1) is 78.7 Å². The highest BCUT2D eigenvalue weighted by atomic mass is 16.7. The minimum Gasteiger partial charge on any atom is -0.466 e. The maximum absolute atomic E-state index is 11.8. The van der Waals surface area contributed by atoms with Gasteiger partial charge in [-0.3, -0.25) is 33.6 Å². The lowest BCUT2D eigenvalue weighted by molar-refractivity contribution is -0.178. The van der Waals surface area contributed by atoms with E-state index < -0.39 is 17.5 Å². The van der Waals surface area contributed by atoms with Gasteiger partial charge in [0.2, 0.25) is 0 Å². The van der Waals surface area contributed by atoms with Crippen molar-refractivity contribution in [2.45, 2.75) is 166 Å². The number of hydrogen-bond donors (Lipinski definition) is 3. The van der Waals surface area contributed by atoms with Crippen molar-refractivity contribution in [2.75, 3.05) is 66.1 Å². The molecule has 3 aromatic rings. The molecule has 4 aliphatic heterocycles. The van der Waals surface area contributed by atoms with Gasteiger partial charge in [-0.1, -0.05) is 91.0 Å². The van der Waals surface area contributed by atoms with E-state index >= 15 is 0 Å². The summed E-state index contributed by atoms with van der Waals surface area (Å²) in [6.45, 7) is 4.35. The molecule has 0 radical (unpaired) electrons. The second-order valence-electron chi connectivity index (χ2n) is 19.2. The number of ether oxygens (including phenoxy) is 10. The molecule has 3 N–H and O–H groups in total. The largest absolute Gasteiger partial charge is 0.466 e. The molecule has 0 amide bonds. The Kier molecular flexibility index (Phi) is 37.2. The van der Waals surface area contributed by atoms with Crippen LogP contribution in [0.4, 0.5) is 0 Å². The van der Waals surface area contributed by atoms with Gasteiger partial charge in [-0.2, -0.15) is 0 Å². The fraction of sp³-hybridized carbons (Fsp3) is 0.590. The van der Waals surface area contributed by atoms with Crippen LogP contribution >= 0.6 is 0 Å². The average Bonchev–Trinajstić information content (AvgIpc) is 4.04. The molecule has 20 heteroatoms. The van der Waals surface area contributed by atoms with Crippen molar-refractivity contribution >= 4 is 41.6 Å². The van der Waals surface area contributed by atoms with Crippen molar-refractivity contribution in [3.05, 3.63) is 108 Å². The van der Waals surface area contributed by atoms with Crippen molar-refractivity contribution in [3.63, 3.8) is 0 Å². The maximum atomic E-state index is 11.8. The van der Waals surface area contributed by atoms with Crippen LogP contribution in [0.15, 0.2) is 91.0 Å². The van der Waals surface area contributed by atoms with Gasteiger partial charge in [-0.25, -0.2) is 0 Å². The number of aliphatic hydroxyl groups is 3. The van der Waals surface area contributed by atoms with Crippen LogP contribution in [0, 0.1) is 0 Å². The van der Waals surface area contributed by atoms with Gasteiger partial charge in [-0.15, -0.1) is 0 Å². The number of benzene rings is 3. The Balaban J connectivity index is 0.000000291. The van der Waals surface area contributed by atoms with Crippen LogP contribution in [-0.2, 0) is 101 Å². The Hall–Kier alpha value is -6.13. The Morgan fingerprint density at radius 2 is 0.926 bits per heavy atom. The summed E-state index contributed by atoms with van der Waals surface area (Å²) in [5.41, 5.74) is 2.89. The Morgan fingerprint density at radius 1 is 0.432 bits per heavy atom. The van der Waals surface area contributed by atoms with E-state index in [1.165, 1.54) is 0 Å². The SMILES string of the molecule is O=C(CCC1(CCO)OCCO1)OCCCCCC(=O)OCc1ccccc1.O=C(CCO)CCC(=O)OCCCCCC(=O)OCc1ccccc1.O=C1CCC2(CCO1)OCCO2.O=C1CCCCCO1.OCc1ccccc1. The molecule has 4 saturated heterocycles. The lowest BCUT2D eigenvalue weighted by Gasteiger charge is -2.26. The van der Waals surface area contributed by atoms with Crippen LogP contribution in [0.1, 0.15) is 152 Å². The Bertz CT molecular complexity index is 2170. The number of ketones is 1. The summed E-state index contributed by atoms with van der Waals surface area (Å²) >= 11 is 0. The highest BCUT2D eigenvalue weighted by molar-refractivity contribution is 5.83. The zero-order chi connectivity index (χ0) is 58.5. The molecule has 0 atom stereocenters. The highest BCUT2D eigenvalue weighted by Gasteiger charge is 2.39. The van der Waals surface area contributed by atoms with E-state index in [4.69, 9.17) is 62.7 Å². The zero-order valence-corrected chi connectivity index (χ0v) is 47.0. The van der Waals surface area contributed by atoms with E-state index in [1.807, 2.05) is 91.0 Å². The molecule has 3 aromatic carbocycles. The second-order valence-corrected chi connectivity index (χ2v) is 19.2. The molecule has 450 valence electrons. The fourth-order valence-corrected chi connectivity index (χ4v) is 8.08. The Labute approximate surface area is 476 Å². The summed E-state index contributed by atoms with van der Waals surface area (Å²) in [6, 6.07) is 28.6. The predicted molar refractivity (Wildman–Crippen MR) is 294 cm³/mol. The smallest absolute Gasteiger partial charge is 0.306 e. The first-order chi connectivity index (χ1) is 39.4. The topological polar surface area (TPSA) is 272 Å². The fourth-order valence-electron chi connectivity index (χ4n) is 8.08. The summed E-state index contributed by atoms with van der Waals surface area (Å²) in [5.74, 6) is -2.84. The third-order valence-corrected chi connectivity index (χ3v) is 12.7. The minimum atomic E-state index is -0.853. The van der Waals surface area contributed by atoms with Crippen LogP contribution in [0.25, 0.3) is 0 Å². The lowest BCUT2D eigenvalue weighted by Crippen LogP contribution is -2.32. The molecule has 0 aromatic heterocycles. The number of esters is 6. The lowest BCUT2D eigenvalue weighted by atomic mass is 10.1. The molecule has 0 bridgehead atoms. The molecule has 0 unspecified atom stereocenters. The van der Waals surface area contributed by atoms with Crippen molar-refractivity contribution in [3.8, 4) is 0 Å². The molecule has 20 nitrogen and oxygen atoms in total. The zero-order valence-electron chi connectivity index (χ0n) is 47.0. The number of carbonyl (C=O) groups is 7. The number of rotatable bonds is 27. The molecule has 7 rings (SSSR count). The third kappa shape index (κ3) is 34.0. The highest BCUT2D eigenvalue weighted by Crippen LogP contribution is 2.31. The summed E-state index contributed by atoms with van der Waals surface area (Å²) in [7, 11) is 0. The maximum Gasteiger partial charge on any atom is 0.306 e. The van der Waals surface area contributed by atoms with Gasteiger partial charge >= 0.3 is 35.8 Å². The van der Waals surface area contributed by atoms with Crippen molar-refractivity contribution in [1.29, 1.82) is 0 Å². The molecular weight excluding hydrogens is 1050 g/mol. The van der Waals surface area contributed by atoms with Gasteiger partial charge in [-0.05, 0) is 74.5 Å². The summed E-state index contributed by atoms with van der Waals surface area (Å²) < 4.78 is 52.2. The van der Waals surface area contributed by atoms with Crippen LogP contribution in [0.2, 0.25) is 0 Å². The van der Waals surface area contributed by atoms with E-state index in [-0.39, 0.29) is 94.3 Å². The van der Waals surface area contributed by atoms with E-state index in [9.17, 15) is 33.6 Å². The third-order valence-electron chi connectivity index (χ3n) is 12.7. The van der Waals surface area contributed by atoms with Gasteiger partial charge in [0.1, 0.15) is 19.0 Å². The monoisotopic (exact) mass is 1140 g/mol. The normalized spacial score (nSPS) is 15.7. The van der Waals surface area contributed by atoms with Gasteiger partial charge in [0.15, 0.2) is 11.6 Å². The van der Waals surface area contributed by atoms with Gasteiger partial charge in [0, 0.05) is 71.0 Å². The standard InChI is InChI=1S/C21H30O7.C19H26O6.C8H12O4.C7H8O.C6H10O2/c22-13-12-21(27-15-16-28-21)11-10-20(24)25-14-6-2-5-9-19(23)26-17-18-7-3-1-4-8-18;20-13-12-17(21)10-11-19(23)24-14-6-2-5-9-18(22)25-15-16-7-3-1-4-8-16;9-7-1-2-8(3-4-10-7)11-5-6-12-8;8-6-7-4-2-1-3-5-7;7-6-4-2-1-3-5-8-6/h1,3-4,7-8,22H,2,5-6,9-17H2;1,3-4,7-8,20H,2,5-6,9-15H2;1-6H2;1-5,8H,6H2;1-5H2. The number of cyclic esters (lactones) is 2. The van der Waals surface area contributed by atoms with Crippen LogP contribution in [-0.4, -0.2) is 135 Å². The summed E-state index contributed by atoms with van der Waals surface area (Å²) in [5, 5.41) is 26.2. The second kappa shape index (κ2) is 43.6. The molecule has 1 spiro atoms. The van der Waals surface area contributed by atoms with Crippen molar-refractivity contribution in [1.82, 2.24) is 0 Å². The number of carbonyl (C=O) groups excluding carboxylic acids is 7. The minimum absolute atomic E-state index is 0.0255. The van der Waals surface area contributed by atoms with E-state index in [0.29, 0.717) is 130 Å². The number of hydrogen-bond acceptors (Lipinski definition) is 20. The molecule has 81 heavy (non-hydrogen) atoms. The van der Waals surface area contributed by atoms with E-state index in [0.717, 1.165) is 48.8 Å². The average molecular weight is 1140 g/mol. The number of unbranched alkanes of at least 4 members (excludes halogenated alkanes) is 4. The Morgan fingerprint density at radius 3 is 1.44 bits per heavy atom. The van der Waals surface area contributed by atoms with Crippen molar-refractivity contribution < 1.29 is 96.2 Å². The number of aliphatic hydroxyl groups excluding tert-OH is 3. The molecule has 4 heterocycles. The quantitative estimate of drug-likeness (QED) is 0.0370. The molecule has 4 aliphatic rings. The van der Waals surface area contributed by atoms with Gasteiger partial charge in [0.25, 0.3) is 0 Å². The summed E-state index contributed by atoms with van der Waals surface area (Å²) in [6.07, 6.45) is 11.7. The molecular formula is C61H86O20. The first kappa shape index (κ1) is 69.1. The molecule has 4 fully saturated rings. The predicted octanol–water partition coefficient (Wildman–Crippen LogP) is 8.04. The van der Waals surface area contributed by atoms with Crippen LogP contribution in [0.3, 0.4) is 0 Å². The van der Waals surface area contributed by atoms with Crippen molar-refractivity contribution in [2.24, 2.45) is 0 Å². The molecule has 0 saturated carbocycles. The summed E-state index contributed by atoms with van der Waals surface area (Å²) in [4.78, 5) is 79.1. The number of Topliss-reactive ketones (excluding diaryl/α,β-unsaturated/α-hetero) is 1. The van der Waals surface area contributed by atoms with Gasteiger partial charge < -0.3 is 62.7 Å². The first-order valence-corrected chi connectivity index (χ1v) is 28.3. The van der Waals surface area contributed by atoms with E-state index in [2.05, 4.69) is 0 Å². The first-order valence-electron chi connectivity index (χ1n) is 28.3.